The molecule has 2 aliphatic rings. The molecule has 3 N–H and O–H groups in total. The maximum Gasteiger partial charge on any atom is 0.303 e. The third kappa shape index (κ3) is 5.22. The van der Waals surface area contributed by atoms with Gasteiger partial charge in [0, 0.05) is 24.6 Å². The van der Waals surface area contributed by atoms with Crippen molar-refractivity contribution in [3.63, 3.8) is 0 Å². The van der Waals surface area contributed by atoms with E-state index in [1.54, 1.807) is 30.5 Å². The lowest BCUT2D eigenvalue weighted by molar-refractivity contribution is -0.183. The van der Waals surface area contributed by atoms with Gasteiger partial charge in [-0.1, -0.05) is 12.1 Å². The maximum atomic E-state index is 14.0. The highest BCUT2D eigenvalue weighted by atomic mass is 32.1. The van der Waals surface area contributed by atoms with Gasteiger partial charge in [0.05, 0.1) is 58.3 Å². The zero-order valence-electron chi connectivity index (χ0n) is 26.2. The minimum Gasteiger partial charge on any atom is -0.449 e. The van der Waals surface area contributed by atoms with Crippen LogP contribution in [0.15, 0.2) is 67.1 Å². The second-order valence-corrected chi connectivity index (χ2v) is 12.1. The largest absolute Gasteiger partial charge is 0.449 e. The van der Waals surface area contributed by atoms with Gasteiger partial charge in [0.1, 0.15) is 0 Å². The van der Waals surface area contributed by atoms with Crippen LogP contribution in [-0.2, 0) is 23.9 Å². The number of fused-ring (bicyclic) bond motifs is 2. The number of carbonyl (C=O) groups is 6. The first-order valence-corrected chi connectivity index (χ1v) is 15.7. The summed E-state index contributed by atoms with van der Waals surface area (Å²) in [4.78, 5) is 81.6. The molecule has 50 heavy (non-hydrogen) atoms. The van der Waals surface area contributed by atoms with Crippen LogP contribution in [0, 0.1) is 0 Å². The summed E-state index contributed by atoms with van der Waals surface area (Å²) in [7, 11) is 0. The molecule has 0 aliphatic carbocycles. The van der Waals surface area contributed by atoms with Crippen molar-refractivity contribution in [2.24, 2.45) is 5.73 Å². The molecule has 17 nitrogen and oxygen atoms in total. The van der Waals surface area contributed by atoms with Gasteiger partial charge >= 0.3 is 5.97 Å². The highest BCUT2D eigenvalue weighted by molar-refractivity contribution is 7.14. The third-order valence-electron chi connectivity index (χ3n) is 8.23. The van der Waals surface area contributed by atoms with E-state index in [-0.39, 0.29) is 57.3 Å². The molecule has 1 saturated heterocycles. The molecule has 1 fully saturated rings. The second kappa shape index (κ2) is 12.2. The van der Waals surface area contributed by atoms with Gasteiger partial charge in [-0.15, -0.1) is 5.10 Å². The van der Waals surface area contributed by atoms with Crippen LogP contribution in [0.1, 0.15) is 44.9 Å². The summed E-state index contributed by atoms with van der Waals surface area (Å²) >= 11 is 0.789. The van der Waals surface area contributed by atoms with Crippen molar-refractivity contribution in [3.05, 3.63) is 83.8 Å². The average molecular weight is 696 g/mol. The van der Waals surface area contributed by atoms with Gasteiger partial charge in [0.2, 0.25) is 6.10 Å². The first-order chi connectivity index (χ1) is 24.0. The Balaban J connectivity index is 1.20. The van der Waals surface area contributed by atoms with Crippen LogP contribution >= 0.6 is 11.5 Å². The average Bonchev–Trinajstić information content (AvgIpc) is 3.82. The number of morpholine rings is 1. The first kappa shape index (κ1) is 32.2. The Morgan fingerprint density at radius 2 is 1.78 bits per heavy atom. The number of rotatable bonds is 8. The van der Waals surface area contributed by atoms with Crippen molar-refractivity contribution in [3.8, 4) is 5.69 Å². The number of nitrogens with two attached hydrogens (primary N) is 1. The van der Waals surface area contributed by atoms with Gasteiger partial charge in [-0.05, 0) is 48.8 Å². The molecule has 2 aliphatic heterocycles. The van der Waals surface area contributed by atoms with E-state index in [2.05, 4.69) is 25.0 Å². The zero-order chi connectivity index (χ0) is 35.3. The number of benzene rings is 2. The lowest BCUT2D eigenvalue weighted by atomic mass is 9.94. The minimum atomic E-state index is -2.03. The number of imide groups is 1. The van der Waals surface area contributed by atoms with Crippen LogP contribution < -0.4 is 20.9 Å². The van der Waals surface area contributed by atoms with Crippen molar-refractivity contribution in [1.82, 2.24) is 24.4 Å². The van der Waals surface area contributed by atoms with Gasteiger partial charge in [-0.25, -0.2) is 9.58 Å². The van der Waals surface area contributed by atoms with Gasteiger partial charge in [-0.2, -0.15) is 14.6 Å². The standard InChI is InChI=1S/C32H25N9O8S/c1-16(42)49-25(32(2)31(47)39(13-14-48-32)22-10-12-40(37-22)17-9-11-34-35-15-17)28(44)36-21-8-7-20-24(23(21)26(33)43)50-38-27(20)41-29(45)18-5-3-4-6-19(18)30(41)46/h3-12,15,25H,13-14H2,1-2H3,(H2,33,43)(H,36,44)/t25-,32+/m0/s1. The number of nitrogens with zero attached hydrogens (tertiary/aromatic N) is 7. The Bertz CT molecular complexity index is 2220. The van der Waals surface area contributed by atoms with Crippen molar-refractivity contribution >= 4 is 74.4 Å². The van der Waals surface area contributed by atoms with Crippen molar-refractivity contribution in [1.29, 1.82) is 0 Å². The molecule has 5 aromatic rings. The van der Waals surface area contributed by atoms with Crippen LogP contribution in [-0.4, -0.2) is 84.7 Å². The topological polar surface area (TPSA) is 222 Å². The highest BCUT2D eigenvalue weighted by Gasteiger charge is 2.54. The van der Waals surface area contributed by atoms with Gasteiger partial charge < -0.3 is 20.5 Å². The van der Waals surface area contributed by atoms with Crippen LogP contribution in [0.3, 0.4) is 0 Å². The monoisotopic (exact) mass is 695 g/mol. The molecular formula is C32H25N9O8S. The number of hydrogen-bond acceptors (Lipinski definition) is 13. The predicted molar refractivity (Wildman–Crippen MR) is 176 cm³/mol. The van der Waals surface area contributed by atoms with Crippen molar-refractivity contribution < 1.29 is 38.2 Å². The molecule has 0 spiro atoms. The predicted octanol–water partition coefficient (Wildman–Crippen LogP) is 1.86. The number of anilines is 3. The molecule has 0 radical (unpaired) electrons. The van der Waals surface area contributed by atoms with Crippen LogP contribution in [0.2, 0.25) is 0 Å². The number of nitrogens with one attached hydrogen (secondary N) is 1. The molecule has 7 rings (SSSR count). The summed E-state index contributed by atoms with van der Waals surface area (Å²) in [5, 5.41) is 14.8. The Morgan fingerprint density at radius 3 is 2.44 bits per heavy atom. The van der Waals surface area contributed by atoms with E-state index < -0.39 is 47.2 Å². The number of ether oxygens (including phenoxy) is 2. The van der Waals surface area contributed by atoms with E-state index in [0.717, 1.165) is 23.4 Å². The smallest absolute Gasteiger partial charge is 0.303 e. The van der Waals surface area contributed by atoms with Crippen LogP contribution in [0.25, 0.3) is 15.8 Å². The number of primary amides is 1. The Hall–Kier alpha value is -6.40. The van der Waals surface area contributed by atoms with E-state index in [1.165, 1.54) is 53.2 Å². The fraction of sp³-hybridized carbons (Fsp3) is 0.188. The summed E-state index contributed by atoms with van der Waals surface area (Å²) in [5.74, 6) is -4.50. The summed E-state index contributed by atoms with van der Waals surface area (Å²) in [6.45, 7) is 2.42. The lowest BCUT2D eigenvalue weighted by Gasteiger charge is -2.41. The number of aromatic nitrogens is 5. The zero-order valence-corrected chi connectivity index (χ0v) is 27.0. The van der Waals surface area contributed by atoms with Crippen molar-refractivity contribution in [2.45, 2.75) is 25.6 Å². The van der Waals surface area contributed by atoms with Crippen molar-refractivity contribution in [2.75, 3.05) is 28.3 Å². The molecule has 252 valence electrons. The first-order valence-electron chi connectivity index (χ1n) is 15.0. The van der Waals surface area contributed by atoms with E-state index in [0.29, 0.717) is 5.69 Å². The highest BCUT2D eigenvalue weighted by Crippen LogP contribution is 2.39. The molecule has 5 heterocycles. The normalized spacial score (nSPS) is 17.9. The van der Waals surface area contributed by atoms with Gasteiger partial charge in [0.15, 0.2) is 17.2 Å². The number of amides is 5. The fourth-order valence-electron chi connectivity index (χ4n) is 5.87. The quantitative estimate of drug-likeness (QED) is 0.175. The van der Waals surface area contributed by atoms with Gasteiger partial charge in [-0.3, -0.25) is 33.7 Å². The second-order valence-electron chi connectivity index (χ2n) is 11.3. The fourth-order valence-corrected chi connectivity index (χ4v) is 6.79. The van der Waals surface area contributed by atoms with Gasteiger partial charge in [0.25, 0.3) is 29.5 Å². The van der Waals surface area contributed by atoms with Crippen LogP contribution in [0.5, 0.6) is 0 Å². The lowest BCUT2D eigenvalue weighted by Crippen LogP contribution is -2.64. The molecule has 2 aromatic carbocycles. The van der Waals surface area contributed by atoms with E-state index in [1.807, 2.05) is 0 Å². The van der Waals surface area contributed by atoms with E-state index in [4.69, 9.17) is 15.2 Å². The number of carbonyl (C=O) groups excluding carboxylic acids is 6. The minimum absolute atomic E-state index is 0.00851. The third-order valence-corrected chi connectivity index (χ3v) is 9.10. The number of hydrogen-bond donors (Lipinski definition) is 2. The van der Waals surface area contributed by atoms with E-state index in [9.17, 15) is 28.8 Å². The molecule has 3 aromatic heterocycles. The molecule has 0 bridgehead atoms. The molecule has 0 unspecified atom stereocenters. The Morgan fingerprint density at radius 1 is 1.04 bits per heavy atom. The maximum absolute atomic E-state index is 14.0. The Kier molecular flexibility index (Phi) is 7.87. The molecular weight excluding hydrogens is 670 g/mol. The molecule has 0 saturated carbocycles. The summed E-state index contributed by atoms with van der Waals surface area (Å²) < 4.78 is 17.2. The summed E-state index contributed by atoms with van der Waals surface area (Å²) in [5.41, 5.74) is 4.46. The summed E-state index contributed by atoms with van der Waals surface area (Å²) in [6, 6.07) is 12.4. The summed E-state index contributed by atoms with van der Waals surface area (Å²) in [6.07, 6.45) is 2.75. The molecule has 18 heteroatoms. The molecule has 5 amide bonds. The van der Waals surface area contributed by atoms with E-state index >= 15 is 0 Å². The SMILES string of the molecule is CC(=O)O[C@@H](C(=O)Nc1ccc2c(N3C(=O)c4ccccc4C3=O)nsc2c1C(N)=O)[C@@]1(C)OCCN(c2ccn(-c3ccnnc3)n2)C1=O. The van der Waals surface area contributed by atoms with Crippen LogP contribution in [0.4, 0.5) is 17.3 Å². The Labute approximate surface area is 285 Å². The molecule has 2 atom stereocenters. The number of esters is 1.